The van der Waals surface area contributed by atoms with Gasteiger partial charge in [-0.25, -0.2) is 0 Å². The van der Waals surface area contributed by atoms with Crippen LogP contribution in [0.2, 0.25) is 0 Å². The number of hydrogen-bond acceptors (Lipinski definition) is 4. The SMILES string of the molecule is [O-]C1=N[N+](=Cc2cccs2)C2OCCC12. The molecule has 15 heavy (non-hydrogen) atoms. The van der Waals surface area contributed by atoms with Crippen LogP contribution in [0.4, 0.5) is 0 Å². The second-order valence-corrected chi connectivity index (χ2v) is 4.60. The summed E-state index contributed by atoms with van der Waals surface area (Å²) in [6, 6.07) is 3.97. The van der Waals surface area contributed by atoms with Gasteiger partial charge in [-0.3, -0.25) is 0 Å². The minimum atomic E-state index is -0.167. The summed E-state index contributed by atoms with van der Waals surface area (Å²) in [5, 5.41) is 17.5. The second-order valence-electron chi connectivity index (χ2n) is 3.62. The fourth-order valence-electron chi connectivity index (χ4n) is 1.92. The highest BCUT2D eigenvalue weighted by Crippen LogP contribution is 2.26. The zero-order chi connectivity index (χ0) is 10.3. The quantitative estimate of drug-likeness (QED) is 0.639. The Morgan fingerprint density at radius 3 is 3.40 bits per heavy atom. The van der Waals surface area contributed by atoms with Gasteiger partial charge in [0.05, 0.1) is 17.4 Å². The lowest BCUT2D eigenvalue weighted by molar-refractivity contribution is -0.603. The Kier molecular flexibility index (Phi) is 2.07. The van der Waals surface area contributed by atoms with Crippen LogP contribution in [0.15, 0.2) is 22.6 Å². The van der Waals surface area contributed by atoms with Gasteiger partial charge in [0.15, 0.2) is 0 Å². The van der Waals surface area contributed by atoms with Crippen molar-refractivity contribution in [3.63, 3.8) is 0 Å². The molecule has 4 nitrogen and oxygen atoms in total. The minimum absolute atomic E-state index is 0.0506. The van der Waals surface area contributed by atoms with E-state index in [0.29, 0.717) is 6.61 Å². The number of hydrogen-bond donors (Lipinski definition) is 0. The number of fused-ring (bicyclic) bond motifs is 1. The van der Waals surface area contributed by atoms with Crippen molar-refractivity contribution in [2.75, 3.05) is 6.61 Å². The van der Waals surface area contributed by atoms with Gasteiger partial charge < -0.3 is 9.84 Å². The van der Waals surface area contributed by atoms with Crippen LogP contribution < -0.4 is 5.11 Å². The molecule has 1 aromatic heterocycles. The van der Waals surface area contributed by atoms with Gasteiger partial charge in [0.25, 0.3) is 6.23 Å². The van der Waals surface area contributed by atoms with E-state index in [1.54, 1.807) is 16.0 Å². The first-order valence-corrected chi connectivity index (χ1v) is 5.76. The molecule has 1 aromatic rings. The molecule has 78 valence electrons. The fraction of sp³-hybridized carbons (Fsp3) is 0.400. The summed E-state index contributed by atoms with van der Waals surface area (Å²) in [6.07, 6.45) is 2.50. The van der Waals surface area contributed by atoms with Crippen molar-refractivity contribution in [1.82, 2.24) is 0 Å². The molecule has 1 fully saturated rings. The second kappa shape index (κ2) is 3.43. The van der Waals surface area contributed by atoms with E-state index in [1.807, 2.05) is 23.7 Å². The molecule has 0 aromatic carbocycles. The molecule has 0 amide bonds. The summed E-state index contributed by atoms with van der Waals surface area (Å²) >= 11 is 1.62. The van der Waals surface area contributed by atoms with E-state index in [0.717, 1.165) is 11.3 Å². The summed E-state index contributed by atoms with van der Waals surface area (Å²) in [5.41, 5.74) is 0. The molecule has 3 rings (SSSR count). The van der Waals surface area contributed by atoms with Gasteiger partial charge in [0.2, 0.25) is 6.21 Å². The predicted molar refractivity (Wildman–Crippen MR) is 55.0 cm³/mol. The molecule has 3 heterocycles. The summed E-state index contributed by atoms with van der Waals surface area (Å²) in [7, 11) is 0. The van der Waals surface area contributed by atoms with Crippen molar-refractivity contribution in [2.45, 2.75) is 12.6 Å². The Bertz CT molecular complexity index is 425. The molecule has 0 spiro atoms. The summed E-state index contributed by atoms with van der Waals surface area (Å²) in [6.45, 7) is 0.658. The molecule has 2 unspecified atom stereocenters. The number of hydrazone groups is 1. The highest BCUT2D eigenvalue weighted by atomic mass is 32.1. The maximum absolute atomic E-state index is 11.5. The summed E-state index contributed by atoms with van der Waals surface area (Å²) in [4.78, 5) is 1.09. The molecule has 1 saturated heterocycles. The molecule has 0 bridgehead atoms. The van der Waals surface area contributed by atoms with Crippen molar-refractivity contribution in [3.05, 3.63) is 22.4 Å². The average molecular weight is 222 g/mol. The smallest absolute Gasteiger partial charge is 0.295 e. The fourth-order valence-corrected chi connectivity index (χ4v) is 2.56. The lowest BCUT2D eigenvalue weighted by Crippen LogP contribution is -2.29. The largest absolute Gasteiger partial charge is 0.857 e. The van der Waals surface area contributed by atoms with Gasteiger partial charge in [-0.1, -0.05) is 10.8 Å². The van der Waals surface area contributed by atoms with Crippen LogP contribution in [0.1, 0.15) is 11.3 Å². The van der Waals surface area contributed by atoms with E-state index < -0.39 is 0 Å². The van der Waals surface area contributed by atoms with Crippen LogP contribution in [0, 0.1) is 5.92 Å². The van der Waals surface area contributed by atoms with E-state index in [1.165, 1.54) is 0 Å². The molecule has 0 radical (unpaired) electrons. The first-order valence-electron chi connectivity index (χ1n) is 4.88. The Morgan fingerprint density at radius 1 is 1.67 bits per heavy atom. The monoisotopic (exact) mass is 222 g/mol. The Labute approximate surface area is 91.1 Å². The molecule has 5 heteroatoms. The maximum atomic E-state index is 11.5. The van der Waals surface area contributed by atoms with E-state index >= 15 is 0 Å². The first-order chi connectivity index (χ1) is 7.34. The Hall–Kier alpha value is -1.20. The van der Waals surface area contributed by atoms with Crippen LogP contribution in [0.3, 0.4) is 0 Å². The van der Waals surface area contributed by atoms with Gasteiger partial charge >= 0.3 is 0 Å². The summed E-state index contributed by atoms with van der Waals surface area (Å²) < 4.78 is 7.15. The topological polar surface area (TPSA) is 47.7 Å². The van der Waals surface area contributed by atoms with E-state index in [9.17, 15) is 5.11 Å². The van der Waals surface area contributed by atoms with Gasteiger partial charge in [-0.15, -0.1) is 11.3 Å². The number of thiophene rings is 1. The summed E-state index contributed by atoms with van der Waals surface area (Å²) in [5.74, 6) is -0.105. The molecule has 2 atom stereocenters. The van der Waals surface area contributed by atoms with Crippen LogP contribution in [-0.4, -0.2) is 29.6 Å². The first kappa shape index (κ1) is 9.06. The maximum Gasteiger partial charge on any atom is 0.295 e. The van der Waals surface area contributed by atoms with Crippen molar-refractivity contribution < 1.29 is 14.5 Å². The zero-order valence-corrected chi connectivity index (χ0v) is 8.81. The van der Waals surface area contributed by atoms with Crippen LogP contribution in [-0.2, 0) is 4.74 Å². The Morgan fingerprint density at radius 2 is 2.60 bits per heavy atom. The minimum Gasteiger partial charge on any atom is -0.857 e. The average Bonchev–Trinajstić information content (AvgIpc) is 2.89. The number of rotatable bonds is 1. The number of nitrogens with zero attached hydrogens (tertiary/aromatic N) is 2. The van der Waals surface area contributed by atoms with Crippen molar-refractivity contribution in [2.24, 2.45) is 11.0 Å². The van der Waals surface area contributed by atoms with Crippen LogP contribution in [0.25, 0.3) is 0 Å². The van der Waals surface area contributed by atoms with Gasteiger partial charge in [-0.2, -0.15) is 0 Å². The van der Waals surface area contributed by atoms with Crippen molar-refractivity contribution >= 4 is 23.4 Å². The molecular formula is C10H10N2O2S. The van der Waals surface area contributed by atoms with Gasteiger partial charge in [0.1, 0.15) is 0 Å². The molecule has 2 aliphatic heterocycles. The lowest BCUT2D eigenvalue weighted by Gasteiger charge is -2.05. The third-order valence-corrected chi connectivity index (χ3v) is 3.46. The molecular weight excluding hydrogens is 212 g/mol. The van der Waals surface area contributed by atoms with Crippen LogP contribution >= 0.6 is 11.3 Å². The van der Waals surface area contributed by atoms with Crippen LogP contribution in [0.5, 0.6) is 0 Å². The third-order valence-electron chi connectivity index (χ3n) is 2.66. The lowest BCUT2D eigenvalue weighted by atomic mass is 10.1. The molecule has 0 N–H and O–H groups in total. The van der Waals surface area contributed by atoms with Gasteiger partial charge in [0, 0.05) is 5.90 Å². The van der Waals surface area contributed by atoms with E-state index in [-0.39, 0.29) is 18.0 Å². The van der Waals surface area contributed by atoms with E-state index in [2.05, 4.69) is 5.10 Å². The third kappa shape index (κ3) is 1.48. The van der Waals surface area contributed by atoms with E-state index in [4.69, 9.17) is 4.74 Å². The standard InChI is InChI=1S/C10H10N2O2S/c13-9-8-3-4-14-10(8)12(11-9)6-7-2-1-5-15-7/h1-2,5-6,8,10H,3-4H2. The Balaban J connectivity index is 1.94. The zero-order valence-electron chi connectivity index (χ0n) is 8.00. The predicted octanol–water partition coefficient (Wildman–Crippen LogP) is 0.229. The normalized spacial score (nSPS) is 32.0. The highest BCUT2D eigenvalue weighted by molar-refractivity contribution is 7.11. The highest BCUT2D eigenvalue weighted by Gasteiger charge is 2.43. The van der Waals surface area contributed by atoms with Crippen molar-refractivity contribution in [3.8, 4) is 0 Å². The molecule has 0 saturated carbocycles. The number of ether oxygens (including phenoxy) is 1. The molecule has 2 aliphatic rings. The van der Waals surface area contributed by atoms with Crippen molar-refractivity contribution in [1.29, 1.82) is 0 Å². The van der Waals surface area contributed by atoms with Gasteiger partial charge in [-0.05, 0) is 23.0 Å². The molecule has 0 aliphatic carbocycles.